The maximum Gasteiger partial charge on any atom is 0.0952 e. The van der Waals surface area contributed by atoms with E-state index in [1.807, 2.05) is 0 Å². The molecule has 3 rings (SSSR count). The van der Waals surface area contributed by atoms with Crippen LogP contribution in [0.3, 0.4) is 0 Å². The van der Waals surface area contributed by atoms with Crippen LogP contribution in [0.25, 0.3) is 0 Å². The second-order valence-corrected chi connectivity index (χ2v) is 5.70. The van der Waals surface area contributed by atoms with Crippen LogP contribution in [0.15, 0.2) is 24.3 Å². The smallest absolute Gasteiger partial charge is 0.0952 e. The van der Waals surface area contributed by atoms with E-state index >= 15 is 0 Å². The molecule has 1 saturated carbocycles. The number of hydrogen-bond donors (Lipinski definition) is 1. The Morgan fingerprint density at radius 2 is 2.17 bits per heavy atom. The third-order valence-corrected chi connectivity index (χ3v) is 4.57. The van der Waals surface area contributed by atoms with Crippen LogP contribution in [0.1, 0.15) is 43.4 Å². The molecule has 2 atom stereocenters. The van der Waals surface area contributed by atoms with Crippen molar-refractivity contribution in [3.05, 3.63) is 35.4 Å². The Bertz CT molecular complexity index is 400. The normalized spacial score (nSPS) is 25.3. The van der Waals surface area contributed by atoms with Gasteiger partial charge in [0.1, 0.15) is 0 Å². The lowest BCUT2D eigenvalue weighted by atomic mass is 9.80. The van der Waals surface area contributed by atoms with Gasteiger partial charge in [-0.25, -0.2) is 0 Å². The van der Waals surface area contributed by atoms with Crippen LogP contribution in [0.2, 0.25) is 0 Å². The van der Waals surface area contributed by atoms with Crippen LogP contribution in [0.4, 0.5) is 0 Å². The Labute approximate surface area is 110 Å². The zero-order chi connectivity index (χ0) is 12.4. The van der Waals surface area contributed by atoms with Crippen LogP contribution in [0, 0.1) is 5.92 Å². The van der Waals surface area contributed by atoms with Gasteiger partial charge in [0, 0.05) is 12.6 Å². The largest absolute Gasteiger partial charge is 0.372 e. The minimum absolute atomic E-state index is 0.248. The lowest BCUT2D eigenvalue weighted by molar-refractivity contribution is 0.0382. The van der Waals surface area contributed by atoms with Crippen LogP contribution >= 0.6 is 0 Å². The number of ether oxygens (including phenoxy) is 1. The molecule has 0 spiro atoms. The van der Waals surface area contributed by atoms with E-state index in [4.69, 9.17) is 4.74 Å². The average molecular weight is 245 g/mol. The summed E-state index contributed by atoms with van der Waals surface area (Å²) in [6.07, 6.45) is 5.52. The second kappa shape index (κ2) is 5.41. The van der Waals surface area contributed by atoms with E-state index in [0.29, 0.717) is 6.04 Å². The molecule has 0 bridgehead atoms. The van der Waals surface area contributed by atoms with Gasteiger partial charge in [0.05, 0.1) is 12.7 Å². The average Bonchev–Trinajstić information content (AvgIpc) is 2.34. The van der Waals surface area contributed by atoms with Gasteiger partial charge in [-0.3, -0.25) is 0 Å². The summed E-state index contributed by atoms with van der Waals surface area (Å²) in [6, 6.07) is 9.34. The second-order valence-electron chi connectivity index (χ2n) is 5.70. The molecule has 2 unspecified atom stereocenters. The number of hydrogen-bond acceptors (Lipinski definition) is 2. The molecule has 0 saturated heterocycles. The van der Waals surface area contributed by atoms with Crippen LogP contribution in [0.5, 0.6) is 0 Å². The van der Waals surface area contributed by atoms with Crippen LogP contribution < -0.4 is 5.32 Å². The minimum atomic E-state index is 0.248. The molecule has 1 aliphatic heterocycles. The first-order valence-electron chi connectivity index (χ1n) is 7.27. The van der Waals surface area contributed by atoms with E-state index in [0.717, 1.165) is 25.5 Å². The summed E-state index contributed by atoms with van der Waals surface area (Å²) in [5.74, 6) is 0.892. The summed E-state index contributed by atoms with van der Waals surface area (Å²) in [6.45, 7) is 4.13. The zero-order valence-corrected chi connectivity index (χ0v) is 11.2. The predicted octanol–water partition coefficient (Wildman–Crippen LogP) is 3.08. The van der Waals surface area contributed by atoms with Crippen molar-refractivity contribution in [2.24, 2.45) is 5.92 Å². The van der Waals surface area contributed by atoms with Crippen molar-refractivity contribution in [1.82, 2.24) is 5.32 Å². The van der Waals surface area contributed by atoms with Gasteiger partial charge >= 0.3 is 0 Å². The topological polar surface area (TPSA) is 21.3 Å². The third kappa shape index (κ3) is 2.45. The summed E-state index contributed by atoms with van der Waals surface area (Å²) in [5, 5.41) is 3.67. The van der Waals surface area contributed by atoms with E-state index < -0.39 is 0 Å². The molecule has 1 aliphatic carbocycles. The van der Waals surface area contributed by atoms with Crippen molar-refractivity contribution in [3.63, 3.8) is 0 Å². The SMILES string of the molecule is CC(NCC1OCCc2ccccc21)C1CCC1. The van der Waals surface area contributed by atoms with Crippen molar-refractivity contribution in [1.29, 1.82) is 0 Å². The van der Waals surface area contributed by atoms with E-state index in [9.17, 15) is 0 Å². The first-order valence-corrected chi connectivity index (χ1v) is 7.27. The van der Waals surface area contributed by atoms with Crippen molar-refractivity contribution in [2.75, 3.05) is 13.2 Å². The lowest BCUT2D eigenvalue weighted by Crippen LogP contribution is -2.40. The molecule has 1 N–H and O–H groups in total. The maximum absolute atomic E-state index is 5.92. The fourth-order valence-corrected chi connectivity index (χ4v) is 3.05. The fraction of sp³-hybridized carbons (Fsp3) is 0.625. The molecule has 0 aromatic heterocycles. The quantitative estimate of drug-likeness (QED) is 0.880. The van der Waals surface area contributed by atoms with E-state index in [-0.39, 0.29) is 6.10 Å². The van der Waals surface area contributed by atoms with Crippen LogP contribution in [-0.4, -0.2) is 19.2 Å². The van der Waals surface area contributed by atoms with Gasteiger partial charge in [0.15, 0.2) is 0 Å². The molecule has 1 aromatic carbocycles. The Morgan fingerprint density at radius 1 is 1.33 bits per heavy atom. The molecule has 98 valence electrons. The summed E-state index contributed by atoms with van der Waals surface area (Å²) in [7, 11) is 0. The van der Waals surface area contributed by atoms with Gasteiger partial charge in [0.25, 0.3) is 0 Å². The van der Waals surface area contributed by atoms with Crippen molar-refractivity contribution in [2.45, 2.75) is 44.8 Å². The van der Waals surface area contributed by atoms with E-state index in [1.165, 1.54) is 30.4 Å². The fourth-order valence-electron chi connectivity index (χ4n) is 3.05. The molecule has 0 amide bonds. The molecule has 0 radical (unpaired) electrons. The number of benzene rings is 1. The summed E-state index contributed by atoms with van der Waals surface area (Å²) < 4.78 is 5.92. The number of fused-ring (bicyclic) bond motifs is 1. The summed E-state index contributed by atoms with van der Waals surface area (Å²) >= 11 is 0. The summed E-state index contributed by atoms with van der Waals surface area (Å²) in [4.78, 5) is 0. The van der Waals surface area contributed by atoms with Gasteiger partial charge in [-0.2, -0.15) is 0 Å². The third-order valence-electron chi connectivity index (χ3n) is 4.57. The molecule has 18 heavy (non-hydrogen) atoms. The van der Waals surface area contributed by atoms with Crippen LogP contribution in [-0.2, 0) is 11.2 Å². The first kappa shape index (κ1) is 12.2. The minimum Gasteiger partial charge on any atom is -0.372 e. The molecule has 1 aromatic rings. The zero-order valence-electron chi connectivity index (χ0n) is 11.2. The predicted molar refractivity (Wildman–Crippen MR) is 73.6 cm³/mol. The molecule has 2 nitrogen and oxygen atoms in total. The highest BCUT2D eigenvalue weighted by molar-refractivity contribution is 5.31. The summed E-state index contributed by atoms with van der Waals surface area (Å²) in [5.41, 5.74) is 2.85. The van der Waals surface area contributed by atoms with Gasteiger partial charge < -0.3 is 10.1 Å². The molecule has 1 fully saturated rings. The highest BCUT2D eigenvalue weighted by Crippen LogP contribution is 2.30. The highest BCUT2D eigenvalue weighted by atomic mass is 16.5. The Balaban J connectivity index is 1.60. The molecule has 2 heteroatoms. The van der Waals surface area contributed by atoms with Crippen molar-refractivity contribution >= 4 is 0 Å². The Morgan fingerprint density at radius 3 is 2.94 bits per heavy atom. The highest BCUT2D eigenvalue weighted by Gasteiger charge is 2.25. The van der Waals surface area contributed by atoms with Gasteiger partial charge in [-0.15, -0.1) is 0 Å². The van der Waals surface area contributed by atoms with Gasteiger partial charge in [-0.1, -0.05) is 30.7 Å². The van der Waals surface area contributed by atoms with Gasteiger partial charge in [-0.05, 0) is 43.2 Å². The molecule has 1 heterocycles. The molecular weight excluding hydrogens is 222 g/mol. The van der Waals surface area contributed by atoms with E-state index in [1.54, 1.807) is 0 Å². The molecular formula is C16H23NO. The lowest BCUT2D eigenvalue weighted by Gasteiger charge is -2.34. The number of rotatable bonds is 4. The van der Waals surface area contributed by atoms with Crippen molar-refractivity contribution in [3.8, 4) is 0 Å². The number of nitrogens with one attached hydrogen (secondary N) is 1. The Hall–Kier alpha value is -0.860. The standard InChI is InChI=1S/C16H23NO/c1-12(13-6-4-7-13)17-11-16-15-8-3-2-5-14(15)9-10-18-16/h2-3,5,8,12-13,16-17H,4,6-7,9-11H2,1H3. The maximum atomic E-state index is 5.92. The Kier molecular flexibility index (Phi) is 3.67. The van der Waals surface area contributed by atoms with Gasteiger partial charge in [0.2, 0.25) is 0 Å². The monoisotopic (exact) mass is 245 g/mol. The van der Waals surface area contributed by atoms with Crippen molar-refractivity contribution < 1.29 is 4.74 Å². The molecule has 2 aliphatic rings. The first-order chi connectivity index (χ1) is 8.84. The van der Waals surface area contributed by atoms with E-state index in [2.05, 4.69) is 36.5 Å².